The van der Waals surface area contributed by atoms with E-state index in [1.807, 2.05) is 42.2 Å². The molecule has 0 unspecified atom stereocenters. The number of halogens is 3. The molecule has 6 N–H and O–H groups in total. The fraction of sp³-hybridized carbons (Fsp3) is 0.400. The number of rotatable bonds is 15. The lowest BCUT2D eigenvalue weighted by atomic mass is 10.0. The van der Waals surface area contributed by atoms with Gasteiger partial charge in [0.1, 0.15) is 17.7 Å². The molecule has 3 heterocycles. The second-order valence-electron chi connectivity index (χ2n) is 12.4. The molecule has 5 rings (SSSR count). The molecule has 4 aromatic rings. The molecular formula is C35H43ClF2N8O. The van der Waals surface area contributed by atoms with E-state index >= 15 is 4.39 Å². The predicted octanol–water partition coefficient (Wildman–Crippen LogP) is 5.28. The first-order valence-corrected chi connectivity index (χ1v) is 16.4. The molecule has 1 saturated heterocycles. The Morgan fingerprint density at radius 2 is 2.04 bits per heavy atom. The maximum atomic E-state index is 15.1. The van der Waals surface area contributed by atoms with Crippen LogP contribution in [0, 0.1) is 5.82 Å². The Kier molecular flexibility index (Phi) is 11.6. The largest absolute Gasteiger partial charge is 0.386 e. The minimum atomic E-state index is -0.775. The molecule has 47 heavy (non-hydrogen) atoms. The molecule has 12 heteroatoms. The van der Waals surface area contributed by atoms with Crippen LogP contribution in [0.25, 0.3) is 28.0 Å². The molecular weight excluding hydrogens is 622 g/mol. The Hall–Kier alpha value is -3.90. The summed E-state index contributed by atoms with van der Waals surface area (Å²) in [5, 5.41) is 4.17. The Balaban J connectivity index is 1.22. The topological polar surface area (TPSA) is 130 Å². The summed E-state index contributed by atoms with van der Waals surface area (Å²) in [6.07, 6.45) is 6.49. The van der Waals surface area contributed by atoms with Gasteiger partial charge in [0.05, 0.1) is 22.9 Å². The highest BCUT2D eigenvalue weighted by Crippen LogP contribution is 2.31. The molecule has 3 atom stereocenters. The molecule has 2 aromatic heterocycles. The van der Waals surface area contributed by atoms with Crippen LogP contribution in [0.15, 0.2) is 71.1 Å². The first-order valence-electron chi connectivity index (χ1n) is 16.1. The summed E-state index contributed by atoms with van der Waals surface area (Å²) in [5.41, 5.74) is 15.2. The summed E-state index contributed by atoms with van der Waals surface area (Å²) in [6, 6.07) is 12.9. The lowest BCUT2D eigenvalue weighted by molar-refractivity contribution is 0.310. The zero-order valence-corrected chi connectivity index (χ0v) is 27.4. The summed E-state index contributed by atoms with van der Waals surface area (Å²) in [7, 11) is 0. The van der Waals surface area contributed by atoms with Gasteiger partial charge in [0, 0.05) is 55.4 Å². The minimum absolute atomic E-state index is 0.0281. The average Bonchev–Trinajstić information content (AvgIpc) is 3.65. The number of aromatic nitrogens is 3. The molecule has 1 aliphatic rings. The molecule has 0 aliphatic carbocycles. The van der Waals surface area contributed by atoms with Gasteiger partial charge in [-0.15, -0.1) is 6.58 Å². The number of fused-ring (bicyclic) bond motifs is 1. The van der Waals surface area contributed by atoms with Crippen molar-refractivity contribution >= 4 is 28.5 Å². The number of aromatic amines is 1. The molecule has 2 aromatic carbocycles. The average molecular weight is 665 g/mol. The molecule has 250 valence electrons. The number of nitrogens with one attached hydrogen (secondary N) is 2. The number of aryl methyl sites for hydroxylation is 1. The van der Waals surface area contributed by atoms with Crippen LogP contribution in [0.2, 0.25) is 5.02 Å². The molecule has 1 aliphatic heterocycles. The van der Waals surface area contributed by atoms with E-state index in [2.05, 4.69) is 26.9 Å². The normalized spacial score (nSPS) is 17.0. The van der Waals surface area contributed by atoms with Gasteiger partial charge in [0.2, 0.25) is 0 Å². The van der Waals surface area contributed by atoms with Gasteiger partial charge >= 0.3 is 5.69 Å². The van der Waals surface area contributed by atoms with Crippen molar-refractivity contribution in [3.63, 3.8) is 0 Å². The van der Waals surface area contributed by atoms with E-state index in [1.165, 1.54) is 4.57 Å². The Morgan fingerprint density at radius 1 is 1.26 bits per heavy atom. The number of benzene rings is 2. The Labute approximate surface area is 278 Å². The lowest BCUT2D eigenvalue weighted by Crippen LogP contribution is -2.33. The number of nitrogens with two attached hydrogens (primary N) is 2. The first kappa shape index (κ1) is 34.4. The van der Waals surface area contributed by atoms with Crippen LogP contribution in [0.1, 0.15) is 43.7 Å². The molecule has 0 bridgehead atoms. The maximum absolute atomic E-state index is 15.1. The van der Waals surface area contributed by atoms with Crippen molar-refractivity contribution in [2.75, 3.05) is 26.2 Å². The van der Waals surface area contributed by atoms with Gasteiger partial charge in [-0.3, -0.25) is 14.5 Å². The van der Waals surface area contributed by atoms with Crippen molar-refractivity contribution in [1.82, 2.24) is 24.8 Å². The standard InChI is InChI=1S/C35H43ClF2N8O/c1-3-27(11-13-41-32(40)21-45-14-12-26(37)20-45)42-18-23-7-9-28(10-8-23)46-19-25-17-31(43-34(25)44-35(46)47)29-15-24(6-4-5-22(2)39)16-30(36)33(29)38/h3,7-10,15-17,19,22,26-27,42H,1,4-6,11-14,18,20-21,39H2,2H3,(H2,40,41)(H,43,44,47)/t22-,26-,27-/m0/s1. The number of hydrogen-bond acceptors (Lipinski definition) is 6. The third-order valence-electron chi connectivity index (χ3n) is 8.43. The van der Waals surface area contributed by atoms with Crippen LogP contribution in [0.4, 0.5) is 8.78 Å². The van der Waals surface area contributed by atoms with Gasteiger partial charge in [-0.1, -0.05) is 29.8 Å². The Morgan fingerprint density at radius 3 is 2.74 bits per heavy atom. The monoisotopic (exact) mass is 664 g/mol. The van der Waals surface area contributed by atoms with Gasteiger partial charge in [0.25, 0.3) is 0 Å². The zero-order chi connectivity index (χ0) is 33.5. The van der Waals surface area contributed by atoms with Crippen molar-refractivity contribution in [3.05, 3.63) is 93.8 Å². The smallest absolute Gasteiger partial charge is 0.354 e. The van der Waals surface area contributed by atoms with E-state index in [0.29, 0.717) is 73.0 Å². The van der Waals surface area contributed by atoms with Gasteiger partial charge in [-0.05, 0) is 80.5 Å². The van der Waals surface area contributed by atoms with Crippen LogP contribution < -0.4 is 22.5 Å². The highest BCUT2D eigenvalue weighted by Gasteiger charge is 2.22. The van der Waals surface area contributed by atoms with Crippen LogP contribution in [0.5, 0.6) is 0 Å². The van der Waals surface area contributed by atoms with Crippen molar-refractivity contribution in [1.29, 1.82) is 0 Å². The van der Waals surface area contributed by atoms with Gasteiger partial charge in [-0.2, -0.15) is 4.98 Å². The van der Waals surface area contributed by atoms with Crippen LogP contribution in [-0.2, 0) is 13.0 Å². The van der Waals surface area contributed by atoms with Crippen molar-refractivity contribution in [2.24, 2.45) is 16.5 Å². The molecule has 1 fully saturated rings. The summed E-state index contributed by atoms with van der Waals surface area (Å²) < 4.78 is 30.0. The fourth-order valence-corrected chi connectivity index (χ4v) is 6.06. The van der Waals surface area contributed by atoms with E-state index in [-0.39, 0.29) is 17.1 Å². The molecule has 9 nitrogen and oxygen atoms in total. The van der Waals surface area contributed by atoms with E-state index in [4.69, 9.17) is 23.1 Å². The van der Waals surface area contributed by atoms with E-state index in [1.54, 1.807) is 24.4 Å². The number of nitrogens with zero attached hydrogens (tertiary/aromatic N) is 4. The summed E-state index contributed by atoms with van der Waals surface area (Å²) in [5.74, 6) is -0.00933. The van der Waals surface area contributed by atoms with E-state index < -0.39 is 17.7 Å². The second kappa shape index (κ2) is 15.8. The summed E-state index contributed by atoms with van der Waals surface area (Å²) in [4.78, 5) is 26.7. The number of amidine groups is 1. The molecule has 0 spiro atoms. The first-order chi connectivity index (χ1) is 22.6. The van der Waals surface area contributed by atoms with Crippen molar-refractivity contribution < 1.29 is 8.78 Å². The van der Waals surface area contributed by atoms with Gasteiger partial charge in [0.15, 0.2) is 5.82 Å². The number of likely N-dealkylation sites (tertiary alicyclic amines) is 1. The third kappa shape index (κ3) is 9.13. The molecule has 0 saturated carbocycles. The highest BCUT2D eigenvalue weighted by molar-refractivity contribution is 6.31. The van der Waals surface area contributed by atoms with E-state index in [9.17, 15) is 9.18 Å². The van der Waals surface area contributed by atoms with Crippen LogP contribution in [-0.4, -0.2) is 69.7 Å². The zero-order valence-electron chi connectivity index (χ0n) is 26.7. The predicted molar refractivity (Wildman–Crippen MR) is 187 cm³/mol. The summed E-state index contributed by atoms with van der Waals surface area (Å²) in [6.45, 7) is 8.64. The second-order valence-corrected chi connectivity index (χ2v) is 12.8. The quantitative estimate of drug-likeness (QED) is 0.0778. The van der Waals surface area contributed by atoms with Crippen molar-refractivity contribution in [3.8, 4) is 16.9 Å². The van der Waals surface area contributed by atoms with Crippen LogP contribution >= 0.6 is 11.6 Å². The number of alkyl halides is 1. The Bertz CT molecular complexity index is 1770. The number of hydrogen-bond donors (Lipinski definition) is 4. The number of H-pyrrole nitrogens is 1. The van der Waals surface area contributed by atoms with Crippen LogP contribution in [0.3, 0.4) is 0 Å². The molecule has 0 radical (unpaired) electrons. The highest BCUT2D eigenvalue weighted by atomic mass is 35.5. The van der Waals surface area contributed by atoms with Gasteiger partial charge < -0.3 is 21.8 Å². The van der Waals surface area contributed by atoms with Gasteiger partial charge in [-0.25, -0.2) is 13.6 Å². The maximum Gasteiger partial charge on any atom is 0.354 e. The van der Waals surface area contributed by atoms with E-state index in [0.717, 1.165) is 36.8 Å². The fourth-order valence-electron chi connectivity index (χ4n) is 5.82. The number of aliphatic imine (C=N–C) groups is 1. The SMILES string of the molecule is C=C[C@@H](CCN=C(N)CN1CC[C@H](F)C1)NCc1ccc(-n2cc3cc(-c4cc(CCC[C@H](C)N)cc(Cl)c4F)[nH]c3nc2=O)cc1. The third-order valence-corrected chi connectivity index (χ3v) is 8.71. The minimum Gasteiger partial charge on any atom is -0.386 e. The molecule has 0 amide bonds. The lowest BCUT2D eigenvalue weighted by Gasteiger charge is -2.16. The summed E-state index contributed by atoms with van der Waals surface area (Å²) >= 11 is 6.25. The van der Waals surface area contributed by atoms with Crippen molar-refractivity contribution in [2.45, 2.75) is 63.8 Å².